The van der Waals surface area contributed by atoms with Gasteiger partial charge in [0.15, 0.2) is 0 Å². The molecule has 1 aliphatic heterocycles. The van der Waals surface area contributed by atoms with Crippen LogP contribution in [0.1, 0.15) is 19.5 Å². The van der Waals surface area contributed by atoms with Gasteiger partial charge in [0.25, 0.3) is 0 Å². The molecule has 1 fully saturated rings. The molecule has 2 rings (SSSR count). The monoisotopic (exact) mass is 263 g/mol. The molecule has 6 heteroatoms. The molecule has 0 amide bonds. The molecule has 1 saturated heterocycles. The highest BCUT2D eigenvalue weighted by atomic mass is 35.5. The normalized spacial score (nSPS) is 28.2. The molecule has 0 radical (unpaired) electrons. The van der Waals surface area contributed by atoms with Gasteiger partial charge in [0.05, 0.1) is 0 Å². The fraction of sp³-hybridized carbons (Fsp3) is 0.778. The van der Waals surface area contributed by atoms with E-state index >= 15 is 0 Å². The second-order valence-electron chi connectivity index (χ2n) is 3.78. The first-order valence-corrected chi connectivity index (χ1v) is 7.21. The van der Waals surface area contributed by atoms with Crippen LogP contribution in [0.4, 0.5) is 0 Å². The van der Waals surface area contributed by atoms with Gasteiger partial charge in [-0.2, -0.15) is 11.8 Å². The summed E-state index contributed by atoms with van der Waals surface area (Å²) in [5, 5.41) is 4.74. The molecule has 0 N–H and O–H groups in total. The molecule has 0 bridgehead atoms. The Morgan fingerprint density at radius 2 is 2.33 bits per heavy atom. The molecule has 0 saturated carbocycles. The van der Waals surface area contributed by atoms with Crippen molar-refractivity contribution in [3.05, 3.63) is 10.0 Å². The van der Waals surface area contributed by atoms with Crippen LogP contribution in [-0.2, 0) is 6.54 Å². The van der Waals surface area contributed by atoms with Gasteiger partial charge >= 0.3 is 0 Å². The standard InChI is InChI=1S/C9H14ClN3S2/c1-6-7(2)14-4-3-13(6)5-8-9(10)15-12-11-8/h6-7H,3-5H2,1-2H3. The molecule has 1 aromatic heterocycles. The smallest absolute Gasteiger partial charge is 0.138 e. The van der Waals surface area contributed by atoms with Crippen LogP contribution in [-0.4, -0.2) is 38.1 Å². The highest BCUT2D eigenvalue weighted by Gasteiger charge is 2.26. The first-order valence-electron chi connectivity index (χ1n) is 5.01. The van der Waals surface area contributed by atoms with Gasteiger partial charge in [0.2, 0.25) is 0 Å². The summed E-state index contributed by atoms with van der Waals surface area (Å²) in [6.45, 7) is 6.50. The molecule has 3 nitrogen and oxygen atoms in total. The lowest BCUT2D eigenvalue weighted by Crippen LogP contribution is -2.44. The largest absolute Gasteiger partial charge is 0.293 e. The van der Waals surface area contributed by atoms with Crippen molar-refractivity contribution in [1.29, 1.82) is 0 Å². The number of thioether (sulfide) groups is 1. The highest BCUT2D eigenvalue weighted by Crippen LogP contribution is 2.27. The lowest BCUT2D eigenvalue weighted by molar-refractivity contribution is 0.202. The summed E-state index contributed by atoms with van der Waals surface area (Å²) >= 11 is 9.31. The van der Waals surface area contributed by atoms with E-state index in [4.69, 9.17) is 11.6 Å². The predicted molar refractivity (Wildman–Crippen MR) is 66.7 cm³/mol. The number of aromatic nitrogens is 2. The predicted octanol–water partition coefficient (Wildman–Crippen LogP) is 2.52. The molecule has 84 valence electrons. The van der Waals surface area contributed by atoms with Crippen LogP contribution in [0.5, 0.6) is 0 Å². The average Bonchev–Trinajstić information content (AvgIpc) is 2.60. The number of hydrogen-bond donors (Lipinski definition) is 0. The fourth-order valence-corrected chi connectivity index (χ4v) is 3.48. The second-order valence-corrected chi connectivity index (χ2v) is 6.62. The number of rotatable bonds is 2. The molecule has 2 unspecified atom stereocenters. The lowest BCUT2D eigenvalue weighted by Gasteiger charge is -2.36. The Kier molecular flexibility index (Phi) is 3.88. The number of halogens is 1. The van der Waals surface area contributed by atoms with Crippen LogP contribution >= 0.6 is 34.9 Å². The molecule has 2 heterocycles. The SMILES string of the molecule is CC1SCCN(Cc2nnsc2Cl)C1C. The van der Waals surface area contributed by atoms with Gasteiger partial charge in [-0.1, -0.05) is 23.0 Å². The van der Waals surface area contributed by atoms with Gasteiger partial charge in [-0.15, -0.1) is 5.10 Å². The quantitative estimate of drug-likeness (QED) is 0.820. The summed E-state index contributed by atoms with van der Waals surface area (Å²) in [7, 11) is 0. The van der Waals surface area contributed by atoms with Crippen LogP contribution in [0, 0.1) is 0 Å². The van der Waals surface area contributed by atoms with E-state index in [-0.39, 0.29) is 0 Å². The van der Waals surface area contributed by atoms with E-state index in [9.17, 15) is 0 Å². The van der Waals surface area contributed by atoms with Crippen molar-refractivity contribution < 1.29 is 0 Å². The van der Waals surface area contributed by atoms with Crippen molar-refractivity contribution in [1.82, 2.24) is 14.5 Å². The Morgan fingerprint density at radius 3 is 3.00 bits per heavy atom. The molecule has 1 aliphatic rings. The topological polar surface area (TPSA) is 29.0 Å². The van der Waals surface area contributed by atoms with Crippen LogP contribution < -0.4 is 0 Å². The molecule has 15 heavy (non-hydrogen) atoms. The maximum absolute atomic E-state index is 6.00. The Morgan fingerprint density at radius 1 is 1.53 bits per heavy atom. The highest BCUT2D eigenvalue weighted by molar-refractivity contribution is 8.00. The Bertz CT molecular complexity index is 331. The summed E-state index contributed by atoms with van der Waals surface area (Å²) in [5.74, 6) is 1.20. The molecular weight excluding hydrogens is 250 g/mol. The summed E-state index contributed by atoms with van der Waals surface area (Å²) < 4.78 is 4.59. The molecule has 0 spiro atoms. The number of nitrogens with zero attached hydrogens (tertiary/aromatic N) is 3. The van der Waals surface area contributed by atoms with E-state index < -0.39 is 0 Å². The maximum Gasteiger partial charge on any atom is 0.138 e. The minimum atomic E-state index is 0.585. The van der Waals surface area contributed by atoms with Crippen molar-refractivity contribution in [2.24, 2.45) is 0 Å². The van der Waals surface area contributed by atoms with Gasteiger partial charge in [0, 0.05) is 41.7 Å². The van der Waals surface area contributed by atoms with E-state index in [2.05, 4.69) is 28.3 Å². The molecular formula is C9H14ClN3S2. The number of hydrogen-bond acceptors (Lipinski definition) is 5. The zero-order valence-electron chi connectivity index (χ0n) is 8.81. The van der Waals surface area contributed by atoms with Crippen molar-refractivity contribution in [3.63, 3.8) is 0 Å². The average molecular weight is 264 g/mol. The second kappa shape index (κ2) is 4.99. The molecule has 0 aliphatic carbocycles. The first kappa shape index (κ1) is 11.6. The van der Waals surface area contributed by atoms with Crippen LogP contribution in [0.3, 0.4) is 0 Å². The lowest BCUT2D eigenvalue weighted by atomic mass is 10.2. The van der Waals surface area contributed by atoms with E-state index in [0.717, 1.165) is 23.1 Å². The van der Waals surface area contributed by atoms with E-state index in [1.807, 2.05) is 11.8 Å². The van der Waals surface area contributed by atoms with Gasteiger partial charge in [0.1, 0.15) is 10.0 Å². The van der Waals surface area contributed by atoms with Crippen LogP contribution in [0.2, 0.25) is 4.34 Å². The Labute approximate surface area is 103 Å². The van der Waals surface area contributed by atoms with Gasteiger partial charge in [-0.05, 0) is 6.92 Å². The summed E-state index contributed by atoms with van der Waals surface area (Å²) in [6, 6.07) is 0.585. The third-order valence-electron chi connectivity index (χ3n) is 2.88. The van der Waals surface area contributed by atoms with Gasteiger partial charge in [-0.3, -0.25) is 4.90 Å². The van der Waals surface area contributed by atoms with Crippen molar-refractivity contribution >= 4 is 34.9 Å². The molecule has 1 aromatic rings. The zero-order valence-corrected chi connectivity index (χ0v) is 11.2. The van der Waals surface area contributed by atoms with Gasteiger partial charge < -0.3 is 0 Å². The summed E-state index contributed by atoms with van der Waals surface area (Å²) in [4.78, 5) is 2.43. The summed E-state index contributed by atoms with van der Waals surface area (Å²) in [6.07, 6.45) is 0. The van der Waals surface area contributed by atoms with Gasteiger partial charge in [-0.25, -0.2) is 0 Å². The van der Waals surface area contributed by atoms with E-state index in [1.165, 1.54) is 17.3 Å². The molecule has 0 aromatic carbocycles. The maximum atomic E-state index is 6.00. The van der Waals surface area contributed by atoms with E-state index in [1.54, 1.807) is 0 Å². The zero-order chi connectivity index (χ0) is 10.8. The Hall–Kier alpha value is 0.160. The van der Waals surface area contributed by atoms with Crippen LogP contribution in [0.15, 0.2) is 0 Å². The minimum Gasteiger partial charge on any atom is -0.293 e. The summed E-state index contributed by atoms with van der Waals surface area (Å²) in [5.41, 5.74) is 0.924. The van der Waals surface area contributed by atoms with Crippen molar-refractivity contribution in [3.8, 4) is 0 Å². The van der Waals surface area contributed by atoms with Crippen molar-refractivity contribution in [2.45, 2.75) is 31.7 Å². The third kappa shape index (κ3) is 2.64. The fourth-order valence-electron chi connectivity index (χ4n) is 1.70. The third-order valence-corrected chi connectivity index (χ3v) is 5.20. The Balaban J connectivity index is 2.02. The van der Waals surface area contributed by atoms with Crippen molar-refractivity contribution in [2.75, 3.05) is 12.3 Å². The van der Waals surface area contributed by atoms with Crippen LogP contribution in [0.25, 0.3) is 0 Å². The first-order chi connectivity index (χ1) is 7.18. The molecule has 2 atom stereocenters. The minimum absolute atomic E-state index is 0.585. The van der Waals surface area contributed by atoms with E-state index in [0.29, 0.717) is 11.3 Å².